The normalized spacial score (nSPS) is 13.4. The predicted octanol–water partition coefficient (Wildman–Crippen LogP) is 1.72. The molecule has 0 saturated heterocycles. The number of carbonyl (C=O) groups excluding carboxylic acids is 1. The molecule has 0 aromatic heterocycles. The van der Waals surface area contributed by atoms with Gasteiger partial charge in [0, 0.05) is 12.5 Å². The van der Waals surface area contributed by atoms with E-state index in [9.17, 15) is 4.79 Å². The Kier molecular flexibility index (Phi) is 5.53. The minimum atomic E-state index is 0.139. The van der Waals surface area contributed by atoms with Gasteiger partial charge < -0.3 is 5.32 Å². The van der Waals surface area contributed by atoms with Crippen molar-refractivity contribution in [1.29, 1.82) is 0 Å². The van der Waals surface area contributed by atoms with Crippen LogP contribution in [0.2, 0.25) is 0 Å². The zero-order chi connectivity index (χ0) is 8.69. The van der Waals surface area contributed by atoms with Gasteiger partial charge in [-0.15, -0.1) is 0 Å². The summed E-state index contributed by atoms with van der Waals surface area (Å²) in [5, 5.41) is 2.81. The highest BCUT2D eigenvalue weighted by Crippen LogP contribution is 1.98. The molecule has 2 heteroatoms. The van der Waals surface area contributed by atoms with Crippen LogP contribution in [0.15, 0.2) is 12.2 Å². The largest absolute Gasteiger partial charge is 0.352 e. The molecule has 1 amide bonds. The van der Waals surface area contributed by atoms with E-state index in [-0.39, 0.29) is 11.8 Å². The molecule has 0 fully saturated rings. The number of hydrogen-bond donors (Lipinski definition) is 1. The van der Waals surface area contributed by atoms with Crippen LogP contribution in [0.3, 0.4) is 0 Å². The molecule has 1 atom stereocenters. The third kappa shape index (κ3) is 4.59. The first-order valence-corrected chi connectivity index (χ1v) is 4.11. The zero-order valence-corrected chi connectivity index (χ0v) is 7.55. The Labute approximate surface area is 68.7 Å². The number of allylic oxidation sites excluding steroid dienone is 1. The van der Waals surface area contributed by atoms with Crippen LogP contribution in [0.1, 0.15) is 27.2 Å². The Hall–Kier alpha value is -0.790. The fourth-order valence-corrected chi connectivity index (χ4v) is 0.637. The smallest absolute Gasteiger partial charge is 0.223 e. The summed E-state index contributed by atoms with van der Waals surface area (Å²) in [7, 11) is 0. The van der Waals surface area contributed by atoms with Crippen molar-refractivity contribution in [2.24, 2.45) is 5.92 Å². The third-order valence-electron chi connectivity index (χ3n) is 1.69. The molecule has 11 heavy (non-hydrogen) atoms. The fraction of sp³-hybridized carbons (Fsp3) is 0.667. The van der Waals surface area contributed by atoms with Gasteiger partial charge in [-0.3, -0.25) is 4.79 Å². The molecule has 2 nitrogen and oxygen atoms in total. The van der Waals surface area contributed by atoms with Crippen molar-refractivity contribution in [3.63, 3.8) is 0 Å². The lowest BCUT2D eigenvalue weighted by Crippen LogP contribution is -2.28. The average Bonchev–Trinajstić information content (AvgIpc) is 2.03. The number of hydrogen-bond acceptors (Lipinski definition) is 1. The van der Waals surface area contributed by atoms with Crippen LogP contribution in [0.25, 0.3) is 0 Å². The van der Waals surface area contributed by atoms with E-state index in [1.807, 2.05) is 32.9 Å². The molecule has 0 aliphatic heterocycles. The molecule has 0 radical (unpaired) electrons. The molecule has 1 N–H and O–H groups in total. The molecule has 0 aromatic rings. The fourth-order valence-electron chi connectivity index (χ4n) is 0.637. The van der Waals surface area contributed by atoms with Gasteiger partial charge >= 0.3 is 0 Å². The minimum Gasteiger partial charge on any atom is -0.352 e. The number of amides is 1. The highest BCUT2D eigenvalue weighted by atomic mass is 16.1. The van der Waals surface area contributed by atoms with Crippen molar-refractivity contribution in [1.82, 2.24) is 5.32 Å². The summed E-state index contributed by atoms with van der Waals surface area (Å²) in [4.78, 5) is 11.1. The van der Waals surface area contributed by atoms with Gasteiger partial charge in [0.1, 0.15) is 0 Å². The molecule has 0 spiro atoms. The molecule has 0 heterocycles. The maximum absolute atomic E-state index is 11.1. The standard InChI is InChI=1S/C9H17NO/c1-4-6-7-10-9(11)8(3)5-2/h4,6,8H,5,7H2,1-3H3,(H,10,11)/b6-4+. The van der Waals surface area contributed by atoms with E-state index >= 15 is 0 Å². The first-order valence-electron chi connectivity index (χ1n) is 4.11. The highest BCUT2D eigenvalue weighted by Gasteiger charge is 2.07. The van der Waals surface area contributed by atoms with Gasteiger partial charge in [-0.2, -0.15) is 0 Å². The second-order valence-electron chi connectivity index (χ2n) is 2.62. The topological polar surface area (TPSA) is 29.1 Å². The molecule has 0 bridgehead atoms. The van der Waals surface area contributed by atoms with Crippen molar-refractivity contribution < 1.29 is 4.79 Å². The molecular weight excluding hydrogens is 138 g/mol. The van der Waals surface area contributed by atoms with Crippen LogP contribution >= 0.6 is 0 Å². The summed E-state index contributed by atoms with van der Waals surface area (Å²) in [6.45, 7) is 6.54. The lowest BCUT2D eigenvalue weighted by atomic mass is 10.1. The van der Waals surface area contributed by atoms with Crippen LogP contribution < -0.4 is 5.32 Å². The summed E-state index contributed by atoms with van der Waals surface area (Å²) >= 11 is 0. The molecule has 0 aliphatic carbocycles. The average molecular weight is 155 g/mol. The minimum absolute atomic E-state index is 0.139. The van der Waals surface area contributed by atoms with Crippen LogP contribution in [0.4, 0.5) is 0 Å². The highest BCUT2D eigenvalue weighted by molar-refractivity contribution is 5.78. The van der Waals surface area contributed by atoms with Gasteiger partial charge in [0.05, 0.1) is 0 Å². The number of nitrogens with one attached hydrogen (secondary N) is 1. The second kappa shape index (κ2) is 5.96. The Bertz CT molecular complexity index is 140. The summed E-state index contributed by atoms with van der Waals surface area (Å²) in [6, 6.07) is 0. The lowest BCUT2D eigenvalue weighted by Gasteiger charge is -2.07. The lowest BCUT2D eigenvalue weighted by molar-refractivity contribution is -0.124. The van der Waals surface area contributed by atoms with E-state index in [1.54, 1.807) is 0 Å². The van der Waals surface area contributed by atoms with Gasteiger partial charge in [-0.05, 0) is 13.3 Å². The molecule has 1 unspecified atom stereocenters. The first-order chi connectivity index (χ1) is 5.22. The van der Waals surface area contributed by atoms with E-state index in [0.717, 1.165) is 6.42 Å². The SMILES string of the molecule is C/C=C/CNC(=O)C(C)CC. The van der Waals surface area contributed by atoms with E-state index in [1.165, 1.54) is 0 Å². The summed E-state index contributed by atoms with van der Waals surface area (Å²) in [6.07, 6.45) is 4.76. The molecule has 0 saturated carbocycles. The van der Waals surface area contributed by atoms with E-state index < -0.39 is 0 Å². The zero-order valence-electron chi connectivity index (χ0n) is 7.55. The Morgan fingerprint density at radius 1 is 1.64 bits per heavy atom. The molecule has 64 valence electrons. The Morgan fingerprint density at radius 2 is 2.27 bits per heavy atom. The quantitative estimate of drug-likeness (QED) is 0.615. The molecular formula is C9H17NO. The van der Waals surface area contributed by atoms with Gasteiger partial charge in [-0.1, -0.05) is 26.0 Å². The third-order valence-corrected chi connectivity index (χ3v) is 1.69. The maximum atomic E-state index is 11.1. The van der Waals surface area contributed by atoms with E-state index in [2.05, 4.69) is 5.32 Å². The van der Waals surface area contributed by atoms with Crippen molar-refractivity contribution in [3.05, 3.63) is 12.2 Å². The molecule has 0 aromatic carbocycles. The van der Waals surface area contributed by atoms with Gasteiger partial charge in [0.25, 0.3) is 0 Å². The predicted molar refractivity (Wildman–Crippen MR) is 47.3 cm³/mol. The van der Waals surface area contributed by atoms with Crippen LogP contribution in [-0.2, 0) is 4.79 Å². The van der Waals surface area contributed by atoms with Gasteiger partial charge in [-0.25, -0.2) is 0 Å². The Balaban J connectivity index is 3.52. The van der Waals surface area contributed by atoms with Crippen LogP contribution in [-0.4, -0.2) is 12.5 Å². The van der Waals surface area contributed by atoms with Crippen LogP contribution in [0.5, 0.6) is 0 Å². The first kappa shape index (κ1) is 10.2. The molecule has 0 aliphatic rings. The number of carbonyl (C=O) groups is 1. The van der Waals surface area contributed by atoms with E-state index in [0.29, 0.717) is 6.54 Å². The van der Waals surface area contributed by atoms with Crippen molar-refractivity contribution in [3.8, 4) is 0 Å². The van der Waals surface area contributed by atoms with Gasteiger partial charge in [0.15, 0.2) is 0 Å². The maximum Gasteiger partial charge on any atom is 0.223 e. The molecule has 0 rings (SSSR count). The summed E-state index contributed by atoms with van der Waals surface area (Å²) in [5.41, 5.74) is 0. The van der Waals surface area contributed by atoms with Crippen molar-refractivity contribution in [2.75, 3.05) is 6.54 Å². The van der Waals surface area contributed by atoms with Crippen LogP contribution in [0, 0.1) is 5.92 Å². The number of rotatable bonds is 4. The van der Waals surface area contributed by atoms with E-state index in [4.69, 9.17) is 0 Å². The van der Waals surface area contributed by atoms with Crippen molar-refractivity contribution >= 4 is 5.91 Å². The summed E-state index contributed by atoms with van der Waals surface area (Å²) < 4.78 is 0. The van der Waals surface area contributed by atoms with Crippen molar-refractivity contribution in [2.45, 2.75) is 27.2 Å². The monoisotopic (exact) mass is 155 g/mol. The summed E-state index contributed by atoms with van der Waals surface area (Å²) in [5.74, 6) is 0.283. The second-order valence-corrected chi connectivity index (χ2v) is 2.62. The Morgan fingerprint density at radius 3 is 2.73 bits per heavy atom. The van der Waals surface area contributed by atoms with Gasteiger partial charge in [0.2, 0.25) is 5.91 Å².